The standard InChI is InChI=1S/C23H24ClN5O4S/c1-32-21-12-15-14-25-23(28-22(15)19-7-2-16(24)13-20(19)27-21)26-17-3-5-18(6-4-17)34(30,31)29-8-10-33-11-9-29/h2-7,13-14,21,27H,8-12H2,1H3,(H,25,26,28). The first kappa shape index (κ1) is 23.0. The van der Waals surface area contributed by atoms with Crippen LogP contribution in [0.5, 0.6) is 0 Å². The fourth-order valence-corrected chi connectivity index (χ4v) is 5.61. The van der Waals surface area contributed by atoms with Crippen LogP contribution in [0.25, 0.3) is 11.3 Å². The van der Waals surface area contributed by atoms with Crippen molar-refractivity contribution in [1.29, 1.82) is 0 Å². The van der Waals surface area contributed by atoms with Gasteiger partial charge < -0.3 is 20.1 Å². The summed E-state index contributed by atoms with van der Waals surface area (Å²) in [7, 11) is -1.90. The van der Waals surface area contributed by atoms with Gasteiger partial charge in [-0.1, -0.05) is 11.6 Å². The summed E-state index contributed by atoms with van der Waals surface area (Å²) >= 11 is 6.20. The van der Waals surface area contributed by atoms with E-state index in [9.17, 15) is 8.42 Å². The monoisotopic (exact) mass is 501 g/mol. The van der Waals surface area contributed by atoms with Crippen LogP contribution in [0.4, 0.5) is 17.3 Å². The maximum Gasteiger partial charge on any atom is 0.243 e. The molecule has 5 rings (SSSR count). The molecule has 0 saturated carbocycles. The average Bonchev–Trinajstić information content (AvgIpc) is 3.00. The number of morpholine rings is 1. The summed E-state index contributed by atoms with van der Waals surface area (Å²) in [5.74, 6) is 0.402. The van der Waals surface area contributed by atoms with Gasteiger partial charge in [0.2, 0.25) is 16.0 Å². The van der Waals surface area contributed by atoms with Crippen molar-refractivity contribution < 1.29 is 17.9 Å². The topological polar surface area (TPSA) is 106 Å². The number of benzene rings is 2. The van der Waals surface area contributed by atoms with Crippen LogP contribution in [0.15, 0.2) is 53.6 Å². The fourth-order valence-electron chi connectivity index (χ4n) is 4.03. The van der Waals surface area contributed by atoms with Crippen molar-refractivity contribution in [2.75, 3.05) is 44.0 Å². The minimum absolute atomic E-state index is 0.234. The van der Waals surface area contributed by atoms with Gasteiger partial charge in [0, 0.05) is 60.3 Å². The van der Waals surface area contributed by atoms with Crippen molar-refractivity contribution in [2.24, 2.45) is 0 Å². The van der Waals surface area contributed by atoms with E-state index in [1.807, 2.05) is 18.2 Å². The third-order valence-electron chi connectivity index (χ3n) is 5.83. The molecule has 1 fully saturated rings. The Morgan fingerprint density at radius 2 is 1.94 bits per heavy atom. The van der Waals surface area contributed by atoms with E-state index in [0.29, 0.717) is 49.4 Å². The molecule has 0 bridgehead atoms. The summed E-state index contributed by atoms with van der Waals surface area (Å²) in [6, 6.07) is 12.2. The van der Waals surface area contributed by atoms with Gasteiger partial charge in [0.15, 0.2) is 0 Å². The molecule has 1 saturated heterocycles. The number of sulfonamides is 1. The van der Waals surface area contributed by atoms with Crippen LogP contribution in [0.2, 0.25) is 5.02 Å². The molecule has 1 atom stereocenters. The maximum absolute atomic E-state index is 12.8. The van der Waals surface area contributed by atoms with Crippen LogP contribution in [-0.4, -0.2) is 62.3 Å². The molecule has 9 nitrogen and oxygen atoms in total. The molecule has 0 amide bonds. The summed E-state index contributed by atoms with van der Waals surface area (Å²) in [6.07, 6.45) is 2.13. The normalized spacial score (nSPS) is 18.4. The van der Waals surface area contributed by atoms with Crippen LogP contribution in [0.1, 0.15) is 5.56 Å². The third kappa shape index (κ3) is 4.59. The molecule has 2 aliphatic heterocycles. The van der Waals surface area contributed by atoms with E-state index >= 15 is 0 Å². The number of rotatable bonds is 5. The van der Waals surface area contributed by atoms with E-state index in [-0.39, 0.29) is 11.1 Å². The Bertz CT molecular complexity index is 1300. The smallest absolute Gasteiger partial charge is 0.243 e. The lowest BCUT2D eigenvalue weighted by Crippen LogP contribution is -2.40. The second-order valence-electron chi connectivity index (χ2n) is 8.00. The molecule has 1 unspecified atom stereocenters. The Hall–Kier alpha value is -2.76. The lowest BCUT2D eigenvalue weighted by molar-refractivity contribution is 0.0730. The van der Waals surface area contributed by atoms with Gasteiger partial charge in [0.05, 0.1) is 23.8 Å². The van der Waals surface area contributed by atoms with Crippen molar-refractivity contribution in [2.45, 2.75) is 17.5 Å². The van der Waals surface area contributed by atoms with Crippen LogP contribution in [-0.2, 0) is 25.9 Å². The molecule has 178 valence electrons. The highest BCUT2D eigenvalue weighted by molar-refractivity contribution is 7.89. The quantitative estimate of drug-likeness (QED) is 0.547. The van der Waals surface area contributed by atoms with Gasteiger partial charge in [0.25, 0.3) is 0 Å². The average molecular weight is 502 g/mol. The number of hydrogen-bond donors (Lipinski definition) is 2. The first-order valence-corrected chi connectivity index (χ1v) is 12.7. The largest absolute Gasteiger partial charge is 0.379 e. The Morgan fingerprint density at radius 1 is 1.18 bits per heavy atom. The molecular weight excluding hydrogens is 478 g/mol. The van der Waals surface area contributed by atoms with E-state index in [4.69, 9.17) is 26.1 Å². The Morgan fingerprint density at radius 3 is 2.68 bits per heavy atom. The number of nitrogens with one attached hydrogen (secondary N) is 2. The van der Waals surface area contributed by atoms with Gasteiger partial charge >= 0.3 is 0 Å². The summed E-state index contributed by atoms with van der Waals surface area (Å²) in [4.78, 5) is 9.45. The molecule has 2 aromatic carbocycles. The molecular formula is C23H24ClN5O4S. The predicted molar refractivity (Wildman–Crippen MR) is 130 cm³/mol. The molecule has 3 aromatic rings. The lowest BCUT2D eigenvalue weighted by Gasteiger charge is -2.26. The number of anilines is 3. The number of halogens is 1. The predicted octanol–water partition coefficient (Wildman–Crippen LogP) is 3.50. The van der Waals surface area contributed by atoms with E-state index < -0.39 is 10.0 Å². The van der Waals surface area contributed by atoms with Crippen LogP contribution in [0.3, 0.4) is 0 Å². The van der Waals surface area contributed by atoms with Crippen molar-refractivity contribution in [3.63, 3.8) is 0 Å². The number of hydrogen-bond acceptors (Lipinski definition) is 8. The van der Waals surface area contributed by atoms with Crippen LogP contribution >= 0.6 is 11.6 Å². The van der Waals surface area contributed by atoms with Gasteiger partial charge in [-0.05, 0) is 42.5 Å². The van der Waals surface area contributed by atoms with E-state index in [2.05, 4.69) is 15.6 Å². The zero-order valence-electron chi connectivity index (χ0n) is 18.5. The second-order valence-corrected chi connectivity index (χ2v) is 10.4. The number of aromatic nitrogens is 2. The SMILES string of the molecule is COC1Cc2cnc(Nc3ccc(S(=O)(=O)N4CCOCC4)cc3)nc2-c2ccc(Cl)cc2N1. The summed E-state index contributed by atoms with van der Waals surface area (Å²) in [5, 5.41) is 7.14. The van der Waals surface area contributed by atoms with Crippen molar-refractivity contribution in [1.82, 2.24) is 14.3 Å². The highest BCUT2D eigenvalue weighted by Crippen LogP contribution is 2.36. The van der Waals surface area contributed by atoms with E-state index in [1.165, 1.54) is 4.31 Å². The molecule has 34 heavy (non-hydrogen) atoms. The molecule has 2 N–H and O–H groups in total. The zero-order valence-corrected chi connectivity index (χ0v) is 20.1. The van der Waals surface area contributed by atoms with E-state index in [1.54, 1.807) is 37.6 Å². The number of nitrogens with zero attached hydrogens (tertiary/aromatic N) is 3. The molecule has 0 radical (unpaired) electrons. The lowest BCUT2D eigenvalue weighted by atomic mass is 10.1. The number of fused-ring (bicyclic) bond motifs is 3. The highest BCUT2D eigenvalue weighted by Gasteiger charge is 2.26. The Balaban J connectivity index is 1.41. The molecule has 0 aliphatic carbocycles. The molecule has 11 heteroatoms. The van der Waals surface area contributed by atoms with E-state index in [0.717, 1.165) is 22.5 Å². The minimum atomic E-state index is -3.55. The fraction of sp³-hybridized carbons (Fsp3) is 0.304. The van der Waals surface area contributed by atoms with Crippen LogP contribution < -0.4 is 10.6 Å². The Kier molecular flexibility index (Phi) is 6.41. The summed E-state index contributed by atoms with van der Waals surface area (Å²) in [6.45, 7) is 1.53. The van der Waals surface area contributed by atoms with Gasteiger partial charge in [-0.25, -0.2) is 18.4 Å². The minimum Gasteiger partial charge on any atom is -0.379 e. The molecule has 0 spiro atoms. The molecule has 1 aromatic heterocycles. The van der Waals surface area contributed by atoms with Crippen LogP contribution in [0, 0.1) is 0 Å². The molecule has 2 aliphatic rings. The van der Waals surface area contributed by atoms with Gasteiger partial charge in [0.1, 0.15) is 6.23 Å². The number of ether oxygens (including phenoxy) is 2. The highest BCUT2D eigenvalue weighted by atomic mass is 35.5. The summed E-state index contributed by atoms with van der Waals surface area (Å²) < 4.78 is 37.9. The Labute approximate surface area is 203 Å². The molecule has 3 heterocycles. The first-order chi connectivity index (χ1) is 16.4. The van der Waals surface area contributed by atoms with Crippen molar-refractivity contribution in [3.8, 4) is 11.3 Å². The zero-order chi connectivity index (χ0) is 23.7. The van der Waals surface area contributed by atoms with Crippen molar-refractivity contribution in [3.05, 3.63) is 59.2 Å². The summed E-state index contributed by atoms with van der Waals surface area (Å²) in [5.41, 5.74) is 4.14. The van der Waals surface area contributed by atoms with Gasteiger partial charge in [-0.3, -0.25) is 0 Å². The third-order valence-corrected chi connectivity index (χ3v) is 7.97. The number of methoxy groups -OCH3 is 1. The van der Waals surface area contributed by atoms with Crippen molar-refractivity contribution >= 4 is 38.9 Å². The van der Waals surface area contributed by atoms with Gasteiger partial charge in [-0.15, -0.1) is 0 Å². The van der Waals surface area contributed by atoms with Gasteiger partial charge in [-0.2, -0.15) is 4.31 Å². The second kappa shape index (κ2) is 9.47. The first-order valence-electron chi connectivity index (χ1n) is 10.8. The maximum atomic E-state index is 12.8.